The molecule has 0 bridgehead atoms. The fourth-order valence-electron chi connectivity index (χ4n) is 2.24. The highest BCUT2D eigenvalue weighted by atomic mass is 16.1. The second-order valence-electron chi connectivity index (χ2n) is 4.07. The average Bonchev–Trinajstić information content (AvgIpc) is 2.54. The van der Waals surface area contributed by atoms with E-state index in [2.05, 4.69) is 0 Å². The number of rotatable bonds is 1. The Kier molecular flexibility index (Phi) is 1.68. The predicted molar refractivity (Wildman–Crippen MR) is 56.5 cm³/mol. The largest absolute Gasteiger partial charge is 0.290 e. The molecule has 0 radical (unpaired) electrons. The summed E-state index contributed by atoms with van der Waals surface area (Å²) in [6.07, 6.45) is 5.13. The third kappa shape index (κ3) is 1.51. The van der Waals surface area contributed by atoms with Crippen LogP contribution in [0.3, 0.4) is 0 Å². The van der Waals surface area contributed by atoms with E-state index in [9.17, 15) is 4.79 Å². The van der Waals surface area contributed by atoms with E-state index in [4.69, 9.17) is 4.11 Å². The van der Waals surface area contributed by atoms with Crippen LogP contribution in [0.4, 0.5) is 0 Å². The van der Waals surface area contributed by atoms with E-state index in [1.807, 2.05) is 0 Å². The lowest BCUT2D eigenvalue weighted by Gasteiger charge is -2.24. The Hall–Kier alpha value is -0.990. The SMILES string of the molecule is [2H]C([2H])([2H])n1c(C)cc(=O)n1C1CCCCC1. The van der Waals surface area contributed by atoms with E-state index in [0.29, 0.717) is 5.69 Å². The Bertz CT molecular complexity index is 452. The van der Waals surface area contributed by atoms with Crippen molar-refractivity contribution in [2.24, 2.45) is 6.98 Å². The van der Waals surface area contributed by atoms with Gasteiger partial charge in [-0.25, -0.2) is 4.68 Å². The van der Waals surface area contributed by atoms with Crippen LogP contribution in [0, 0.1) is 6.92 Å². The molecule has 0 unspecified atom stereocenters. The van der Waals surface area contributed by atoms with Crippen LogP contribution in [0.1, 0.15) is 48.0 Å². The van der Waals surface area contributed by atoms with Crippen LogP contribution in [0.2, 0.25) is 0 Å². The molecule has 1 aliphatic rings. The van der Waals surface area contributed by atoms with E-state index in [1.165, 1.54) is 21.9 Å². The lowest BCUT2D eigenvalue weighted by molar-refractivity contribution is 0.293. The minimum Gasteiger partial charge on any atom is -0.290 e. The lowest BCUT2D eigenvalue weighted by Crippen LogP contribution is -2.27. The maximum atomic E-state index is 11.9. The van der Waals surface area contributed by atoms with Gasteiger partial charge in [-0.2, -0.15) is 0 Å². The summed E-state index contributed by atoms with van der Waals surface area (Å²) < 4.78 is 25.2. The van der Waals surface area contributed by atoms with Gasteiger partial charge in [0.2, 0.25) is 0 Å². The van der Waals surface area contributed by atoms with Gasteiger partial charge in [0.25, 0.3) is 5.56 Å². The average molecular weight is 197 g/mol. The van der Waals surface area contributed by atoms with E-state index >= 15 is 0 Å². The summed E-state index contributed by atoms with van der Waals surface area (Å²) >= 11 is 0. The second kappa shape index (κ2) is 3.64. The van der Waals surface area contributed by atoms with Crippen LogP contribution < -0.4 is 5.56 Å². The van der Waals surface area contributed by atoms with Gasteiger partial charge < -0.3 is 0 Å². The third-order valence-electron chi connectivity index (χ3n) is 3.03. The molecule has 0 atom stereocenters. The number of hydrogen-bond acceptors (Lipinski definition) is 1. The molecule has 3 heteroatoms. The highest BCUT2D eigenvalue weighted by molar-refractivity contribution is 5.00. The Morgan fingerprint density at radius 2 is 2.14 bits per heavy atom. The summed E-state index contributed by atoms with van der Waals surface area (Å²) in [5.74, 6) is 0. The molecule has 0 aliphatic heterocycles. The summed E-state index contributed by atoms with van der Waals surface area (Å²) in [5.41, 5.74) is 0.325. The van der Waals surface area contributed by atoms with Crippen LogP contribution in [-0.4, -0.2) is 9.36 Å². The summed E-state index contributed by atoms with van der Waals surface area (Å²) in [6, 6.07) is 1.46. The third-order valence-corrected chi connectivity index (χ3v) is 3.03. The lowest BCUT2D eigenvalue weighted by atomic mass is 9.96. The first kappa shape index (κ1) is 6.49. The Labute approximate surface area is 88.5 Å². The van der Waals surface area contributed by atoms with Crippen LogP contribution in [0.5, 0.6) is 0 Å². The first-order chi connectivity index (χ1) is 7.91. The molecule has 1 aromatic heterocycles. The molecule has 1 heterocycles. The normalized spacial score (nSPS) is 22.8. The quantitative estimate of drug-likeness (QED) is 0.676. The molecule has 0 aromatic carbocycles. The van der Waals surface area contributed by atoms with E-state index in [-0.39, 0.29) is 11.6 Å². The summed E-state index contributed by atoms with van der Waals surface area (Å²) in [4.78, 5) is 11.9. The van der Waals surface area contributed by atoms with Crippen LogP contribution in [0.25, 0.3) is 0 Å². The van der Waals surface area contributed by atoms with Gasteiger partial charge in [-0.15, -0.1) is 0 Å². The molecule has 1 aliphatic carbocycles. The first-order valence-corrected chi connectivity index (χ1v) is 5.23. The van der Waals surface area contributed by atoms with Gasteiger partial charge in [0.15, 0.2) is 0 Å². The van der Waals surface area contributed by atoms with Crippen LogP contribution in [-0.2, 0) is 6.98 Å². The number of aryl methyl sites for hydroxylation is 1. The molecule has 1 saturated carbocycles. The molecular weight excluding hydrogens is 176 g/mol. The van der Waals surface area contributed by atoms with Crippen molar-refractivity contribution in [3.63, 3.8) is 0 Å². The molecule has 3 nitrogen and oxygen atoms in total. The minimum absolute atomic E-state index is 0.0466. The number of nitrogens with zero attached hydrogens (tertiary/aromatic N) is 2. The van der Waals surface area contributed by atoms with E-state index < -0.39 is 6.98 Å². The first-order valence-electron chi connectivity index (χ1n) is 6.73. The van der Waals surface area contributed by atoms with E-state index in [1.54, 1.807) is 6.92 Å². The Morgan fingerprint density at radius 1 is 1.43 bits per heavy atom. The van der Waals surface area contributed by atoms with Crippen molar-refractivity contribution < 1.29 is 4.11 Å². The molecule has 78 valence electrons. The number of hydrogen-bond donors (Lipinski definition) is 0. The second-order valence-corrected chi connectivity index (χ2v) is 4.07. The van der Waals surface area contributed by atoms with Gasteiger partial charge in [-0.1, -0.05) is 19.3 Å². The summed E-state index contributed by atoms with van der Waals surface area (Å²) in [6.45, 7) is -0.600. The van der Waals surface area contributed by atoms with Gasteiger partial charge in [0.05, 0.1) is 6.04 Å². The summed E-state index contributed by atoms with van der Waals surface area (Å²) in [5, 5.41) is 0. The van der Waals surface area contributed by atoms with E-state index in [0.717, 1.165) is 25.7 Å². The molecular formula is C11H18N2O. The Balaban J connectivity index is 2.48. The number of aromatic nitrogens is 2. The van der Waals surface area contributed by atoms with Crippen molar-refractivity contribution in [1.29, 1.82) is 0 Å². The van der Waals surface area contributed by atoms with Crippen molar-refractivity contribution in [1.82, 2.24) is 9.36 Å². The van der Waals surface area contributed by atoms with Crippen molar-refractivity contribution in [3.8, 4) is 0 Å². The molecule has 2 rings (SSSR count). The molecule has 0 N–H and O–H groups in total. The van der Waals surface area contributed by atoms with Crippen molar-refractivity contribution in [2.45, 2.75) is 45.1 Å². The summed E-state index contributed by atoms with van der Waals surface area (Å²) in [7, 11) is 0. The standard InChI is InChI=1S/C11H18N2O/c1-9-8-11(14)13(12(9)2)10-6-4-3-5-7-10/h8,10H,3-7H2,1-2H3/i2D3. The zero-order valence-corrected chi connectivity index (χ0v) is 8.49. The predicted octanol–water partition coefficient (Wildman–Crippen LogP) is 2.00. The Morgan fingerprint density at radius 3 is 2.79 bits per heavy atom. The van der Waals surface area contributed by atoms with Crippen LogP contribution in [0.15, 0.2) is 10.9 Å². The molecule has 1 aromatic rings. The zero-order chi connectivity index (χ0) is 12.6. The van der Waals surface area contributed by atoms with Gasteiger partial charge in [0.1, 0.15) is 0 Å². The maximum Gasteiger partial charge on any atom is 0.267 e. The minimum atomic E-state index is -2.27. The van der Waals surface area contributed by atoms with Gasteiger partial charge in [-0.3, -0.25) is 9.48 Å². The van der Waals surface area contributed by atoms with Gasteiger partial charge in [0, 0.05) is 22.8 Å². The fourth-order valence-corrected chi connectivity index (χ4v) is 2.24. The van der Waals surface area contributed by atoms with Crippen molar-refractivity contribution in [2.75, 3.05) is 0 Å². The topological polar surface area (TPSA) is 26.9 Å². The molecule has 1 fully saturated rings. The van der Waals surface area contributed by atoms with Crippen LogP contribution >= 0.6 is 0 Å². The van der Waals surface area contributed by atoms with Gasteiger partial charge >= 0.3 is 0 Å². The van der Waals surface area contributed by atoms with Gasteiger partial charge in [-0.05, 0) is 19.8 Å². The zero-order valence-electron chi connectivity index (χ0n) is 11.5. The maximum absolute atomic E-state index is 11.9. The van der Waals surface area contributed by atoms with Crippen molar-refractivity contribution >= 4 is 0 Å². The highest BCUT2D eigenvalue weighted by Gasteiger charge is 2.18. The smallest absolute Gasteiger partial charge is 0.267 e. The van der Waals surface area contributed by atoms with Crippen molar-refractivity contribution in [3.05, 3.63) is 22.1 Å². The highest BCUT2D eigenvalue weighted by Crippen LogP contribution is 2.26. The molecule has 0 amide bonds. The monoisotopic (exact) mass is 197 g/mol. The fraction of sp³-hybridized carbons (Fsp3) is 0.727. The molecule has 14 heavy (non-hydrogen) atoms. The molecule has 0 spiro atoms. The molecule has 0 saturated heterocycles.